The molecule has 1 aliphatic carbocycles. The molecule has 2 heterocycles. The first kappa shape index (κ1) is 21.4. The van der Waals surface area contributed by atoms with Gasteiger partial charge in [-0.15, -0.1) is 0 Å². The highest BCUT2D eigenvalue weighted by molar-refractivity contribution is 5.92. The second kappa shape index (κ2) is 8.17. The van der Waals surface area contributed by atoms with Crippen LogP contribution in [-0.2, 0) is 17.5 Å². The predicted octanol–water partition coefficient (Wildman–Crippen LogP) is 3.63. The molecule has 160 valence electrons. The van der Waals surface area contributed by atoms with E-state index in [2.05, 4.69) is 15.4 Å². The van der Waals surface area contributed by atoms with Crippen LogP contribution in [0.25, 0.3) is 0 Å². The van der Waals surface area contributed by atoms with Gasteiger partial charge in [0.25, 0.3) is 0 Å². The van der Waals surface area contributed by atoms with Crippen LogP contribution in [0.5, 0.6) is 0 Å². The van der Waals surface area contributed by atoms with E-state index in [0.717, 1.165) is 38.2 Å². The van der Waals surface area contributed by atoms with Crippen LogP contribution in [-0.4, -0.2) is 35.9 Å². The van der Waals surface area contributed by atoms with E-state index >= 15 is 0 Å². The van der Waals surface area contributed by atoms with Crippen molar-refractivity contribution in [2.75, 3.05) is 5.32 Å². The Morgan fingerprint density at radius 3 is 2.62 bits per heavy atom. The van der Waals surface area contributed by atoms with Gasteiger partial charge in [-0.2, -0.15) is 18.3 Å². The van der Waals surface area contributed by atoms with Crippen LogP contribution in [0.15, 0.2) is 24.8 Å². The molecule has 0 unspecified atom stereocenters. The Kier molecular flexibility index (Phi) is 6.02. The topological polar surface area (TPSA) is 85.0 Å². The molecule has 0 aliphatic heterocycles. The largest absolute Gasteiger partial charge is 0.434 e. The van der Waals surface area contributed by atoms with E-state index in [9.17, 15) is 23.1 Å². The Morgan fingerprint density at radius 1 is 1.34 bits per heavy atom. The summed E-state index contributed by atoms with van der Waals surface area (Å²) >= 11 is 0. The Hall–Kier alpha value is -2.36. The summed E-state index contributed by atoms with van der Waals surface area (Å²) in [6.07, 6.45) is 3.52. The van der Waals surface area contributed by atoms with Crippen LogP contribution in [0.3, 0.4) is 0 Å². The molecule has 0 radical (unpaired) electrons. The number of anilines is 1. The van der Waals surface area contributed by atoms with Gasteiger partial charge in [-0.1, -0.05) is 25.7 Å². The fraction of sp³-hybridized carbons (Fsp3) is 0.632. The second-order valence-electron chi connectivity index (χ2n) is 8.31. The number of hydrogen-bond donors (Lipinski definition) is 2. The lowest BCUT2D eigenvalue weighted by Crippen LogP contribution is -2.28. The number of rotatable bonds is 7. The molecule has 1 saturated carbocycles. The van der Waals surface area contributed by atoms with E-state index in [1.165, 1.54) is 9.25 Å². The number of alkyl halides is 3. The number of carbonyl (C=O) groups excluding carboxylic acids is 1. The summed E-state index contributed by atoms with van der Waals surface area (Å²) in [5.41, 5.74) is -1.99. The van der Waals surface area contributed by atoms with E-state index in [0.29, 0.717) is 6.42 Å². The molecule has 1 aliphatic rings. The monoisotopic (exact) mass is 413 g/mol. The van der Waals surface area contributed by atoms with Crippen molar-refractivity contribution in [3.8, 4) is 0 Å². The second-order valence-corrected chi connectivity index (χ2v) is 8.31. The molecular weight excluding hydrogens is 387 g/mol. The molecule has 1 fully saturated rings. The number of nitrogens with one attached hydrogen (secondary N) is 1. The van der Waals surface area contributed by atoms with Gasteiger partial charge in [0.2, 0.25) is 5.91 Å². The molecule has 10 heteroatoms. The summed E-state index contributed by atoms with van der Waals surface area (Å²) in [7, 11) is 0. The zero-order chi connectivity index (χ0) is 21.2. The minimum Gasteiger partial charge on any atom is -0.389 e. The van der Waals surface area contributed by atoms with Crippen molar-refractivity contribution >= 4 is 11.7 Å². The Balaban J connectivity index is 1.76. The molecule has 0 aromatic carbocycles. The molecule has 1 atom stereocenters. The van der Waals surface area contributed by atoms with Gasteiger partial charge in [-0.05, 0) is 26.2 Å². The Morgan fingerprint density at radius 2 is 2.03 bits per heavy atom. The predicted molar refractivity (Wildman–Crippen MR) is 100.0 cm³/mol. The van der Waals surface area contributed by atoms with Gasteiger partial charge in [0, 0.05) is 18.5 Å². The summed E-state index contributed by atoms with van der Waals surface area (Å²) < 4.78 is 41.6. The third-order valence-corrected chi connectivity index (χ3v) is 5.03. The third kappa shape index (κ3) is 5.81. The van der Waals surface area contributed by atoms with E-state index in [1.807, 2.05) is 0 Å². The van der Waals surface area contributed by atoms with Gasteiger partial charge < -0.3 is 15.0 Å². The molecule has 29 heavy (non-hydrogen) atoms. The van der Waals surface area contributed by atoms with Crippen LogP contribution in [0, 0.1) is 5.92 Å². The van der Waals surface area contributed by atoms with Crippen LogP contribution < -0.4 is 5.32 Å². The Bertz CT molecular complexity index is 832. The van der Waals surface area contributed by atoms with Gasteiger partial charge >= 0.3 is 6.18 Å². The lowest BCUT2D eigenvalue weighted by Gasteiger charge is -2.21. The summed E-state index contributed by atoms with van der Waals surface area (Å²) in [4.78, 5) is 16.3. The van der Waals surface area contributed by atoms with Gasteiger partial charge in [0.05, 0.1) is 18.5 Å². The normalized spacial score (nSPS) is 16.9. The van der Waals surface area contributed by atoms with Crippen LogP contribution in [0.4, 0.5) is 19.0 Å². The summed E-state index contributed by atoms with van der Waals surface area (Å²) in [6.45, 7) is 3.52. The van der Waals surface area contributed by atoms with E-state index in [1.54, 1.807) is 26.1 Å². The lowest BCUT2D eigenvalue weighted by atomic mass is 9.97. The van der Waals surface area contributed by atoms with Crippen molar-refractivity contribution in [1.29, 1.82) is 0 Å². The lowest BCUT2D eigenvalue weighted by molar-refractivity contribution is -0.141. The van der Waals surface area contributed by atoms with E-state index < -0.39 is 29.4 Å². The molecule has 2 N–H and O–H groups in total. The van der Waals surface area contributed by atoms with Crippen molar-refractivity contribution in [1.82, 2.24) is 19.3 Å². The third-order valence-electron chi connectivity index (χ3n) is 5.03. The number of aliphatic hydroxyl groups is 1. The highest BCUT2D eigenvalue weighted by Gasteiger charge is 2.35. The van der Waals surface area contributed by atoms with Crippen LogP contribution in [0.2, 0.25) is 0 Å². The quantitative estimate of drug-likeness (QED) is 0.726. The first-order valence-electron chi connectivity index (χ1n) is 9.69. The van der Waals surface area contributed by atoms with Crippen molar-refractivity contribution in [2.24, 2.45) is 5.92 Å². The van der Waals surface area contributed by atoms with Gasteiger partial charge in [0.1, 0.15) is 6.04 Å². The first-order chi connectivity index (χ1) is 13.5. The number of carbonyl (C=O) groups is 1. The van der Waals surface area contributed by atoms with Crippen molar-refractivity contribution in [3.63, 3.8) is 0 Å². The van der Waals surface area contributed by atoms with Gasteiger partial charge in [-0.3, -0.25) is 9.48 Å². The number of hydrogen-bond acceptors (Lipinski definition) is 4. The van der Waals surface area contributed by atoms with E-state index in [4.69, 9.17) is 0 Å². The number of nitrogens with zero attached hydrogens (tertiary/aromatic N) is 4. The highest BCUT2D eigenvalue weighted by Crippen LogP contribution is 2.34. The van der Waals surface area contributed by atoms with Gasteiger partial charge in [-0.25, -0.2) is 4.98 Å². The molecule has 0 bridgehead atoms. The number of halogens is 3. The van der Waals surface area contributed by atoms with Crippen LogP contribution in [0.1, 0.15) is 57.7 Å². The number of imidazole rings is 1. The minimum absolute atomic E-state index is 0.241. The number of aromatic nitrogens is 4. The zero-order valence-electron chi connectivity index (χ0n) is 16.5. The Labute approximate surface area is 166 Å². The average Bonchev–Trinajstić information content (AvgIpc) is 3.32. The maximum Gasteiger partial charge on any atom is 0.434 e. The smallest absolute Gasteiger partial charge is 0.389 e. The molecular formula is C19H26F3N5O2. The molecule has 7 nitrogen and oxygen atoms in total. The standard InChI is InChI=1S/C19H26F3N5O2/c1-18(2,29)11-27-8-7-16(25-27)24-17(28)14(9-13-5-3-4-6-13)26-10-15(23-12-26)19(20,21)22/h7-8,10,12-14,29H,3-6,9,11H2,1-2H3,(H,24,25,28)/t14-/m0/s1. The maximum atomic E-state index is 12.9. The van der Waals surface area contributed by atoms with Crippen molar-refractivity contribution < 1.29 is 23.1 Å². The molecule has 0 spiro atoms. The maximum absolute atomic E-state index is 12.9. The average molecular weight is 413 g/mol. The van der Waals surface area contributed by atoms with Gasteiger partial charge in [0.15, 0.2) is 11.5 Å². The summed E-state index contributed by atoms with van der Waals surface area (Å²) in [6, 6.07) is 0.784. The molecule has 1 amide bonds. The van der Waals surface area contributed by atoms with Crippen molar-refractivity contribution in [2.45, 2.75) is 70.3 Å². The molecule has 2 aromatic heterocycles. The molecule has 0 saturated heterocycles. The zero-order valence-corrected chi connectivity index (χ0v) is 16.5. The summed E-state index contributed by atoms with van der Waals surface area (Å²) in [5.74, 6) is 0.138. The SMILES string of the molecule is CC(C)(O)Cn1ccc(NC(=O)[C@H](CC2CCCC2)n2cnc(C(F)(F)F)c2)n1. The first-order valence-corrected chi connectivity index (χ1v) is 9.69. The van der Waals surface area contributed by atoms with E-state index in [-0.39, 0.29) is 18.3 Å². The minimum atomic E-state index is -4.56. The highest BCUT2D eigenvalue weighted by atomic mass is 19.4. The van der Waals surface area contributed by atoms with Crippen molar-refractivity contribution in [3.05, 3.63) is 30.5 Å². The fourth-order valence-corrected chi connectivity index (χ4v) is 3.70. The molecule has 3 rings (SSSR count). The molecule has 2 aromatic rings. The number of amides is 1. The summed E-state index contributed by atoms with van der Waals surface area (Å²) in [5, 5.41) is 16.8. The fourth-order valence-electron chi connectivity index (χ4n) is 3.70. The van der Waals surface area contributed by atoms with Crippen LogP contribution >= 0.6 is 0 Å².